The van der Waals surface area contributed by atoms with E-state index in [1.807, 2.05) is 70.2 Å². The molecule has 0 bridgehead atoms. The third kappa shape index (κ3) is 6.22. The molecule has 2 amide bonds. The maximum Gasteiger partial charge on any atom is 0.238 e. The second kappa shape index (κ2) is 9.33. The molecule has 2 N–H and O–H groups in total. The van der Waals surface area contributed by atoms with E-state index >= 15 is 0 Å². The van der Waals surface area contributed by atoms with Crippen LogP contribution in [-0.4, -0.2) is 36.9 Å². The molecule has 0 heterocycles. The number of hydrogen-bond acceptors (Lipinski definition) is 3. The number of rotatable bonds is 7. The van der Waals surface area contributed by atoms with Crippen molar-refractivity contribution in [2.75, 3.05) is 25.5 Å². The van der Waals surface area contributed by atoms with Crippen LogP contribution in [0.15, 0.2) is 42.5 Å². The largest absolute Gasteiger partial charge is 0.348 e. The zero-order valence-corrected chi connectivity index (χ0v) is 16.8. The number of nitrogens with one attached hydrogen (secondary N) is 2. The first-order valence-corrected chi connectivity index (χ1v) is 9.17. The van der Waals surface area contributed by atoms with Gasteiger partial charge in [-0.3, -0.25) is 14.5 Å². The zero-order chi connectivity index (χ0) is 20.0. The van der Waals surface area contributed by atoms with Gasteiger partial charge in [0.1, 0.15) is 0 Å². The second-order valence-electron chi connectivity index (χ2n) is 7.19. The molecule has 0 aliphatic carbocycles. The average Bonchev–Trinajstić information content (AvgIpc) is 2.58. The highest BCUT2D eigenvalue weighted by atomic mass is 16.2. The van der Waals surface area contributed by atoms with Crippen LogP contribution in [0.1, 0.15) is 35.2 Å². The Morgan fingerprint density at radius 1 is 0.963 bits per heavy atom. The third-order valence-electron chi connectivity index (χ3n) is 4.45. The number of hydrogen-bond donors (Lipinski definition) is 2. The van der Waals surface area contributed by atoms with Gasteiger partial charge in [0.2, 0.25) is 11.8 Å². The topological polar surface area (TPSA) is 61.4 Å². The van der Waals surface area contributed by atoms with Crippen molar-refractivity contribution >= 4 is 17.5 Å². The molecule has 2 rings (SSSR count). The van der Waals surface area contributed by atoms with E-state index in [0.717, 1.165) is 22.4 Å². The van der Waals surface area contributed by atoms with Gasteiger partial charge in [0.05, 0.1) is 19.1 Å². The molecule has 0 unspecified atom stereocenters. The fourth-order valence-electron chi connectivity index (χ4n) is 3.21. The first-order valence-electron chi connectivity index (χ1n) is 9.17. The van der Waals surface area contributed by atoms with Gasteiger partial charge in [-0.15, -0.1) is 0 Å². The van der Waals surface area contributed by atoms with Crippen LogP contribution in [0.5, 0.6) is 0 Å². The van der Waals surface area contributed by atoms with Crippen molar-refractivity contribution in [1.29, 1.82) is 0 Å². The zero-order valence-electron chi connectivity index (χ0n) is 16.8. The van der Waals surface area contributed by atoms with Crippen molar-refractivity contribution in [1.82, 2.24) is 10.2 Å². The molecule has 2 aromatic carbocycles. The summed E-state index contributed by atoms with van der Waals surface area (Å²) in [6.07, 6.45) is 0. The number of carbonyl (C=O) groups excluding carboxylic acids is 2. The minimum absolute atomic E-state index is 0.0706. The second-order valence-corrected chi connectivity index (χ2v) is 7.19. The summed E-state index contributed by atoms with van der Waals surface area (Å²) in [6, 6.07) is 13.8. The number of nitrogens with zero attached hydrogens (tertiary/aromatic N) is 1. The summed E-state index contributed by atoms with van der Waals surface area (Å²) in [4.78, 5) is 26.3. The van der Waals surface area contributed by atoms with Gasteiger partial charge in [0.25, 0.3) is 0 Å². The maximum absolute atomic E-state index is 12.4. The van der Waals surface area contributed by atoms with Crippen molar-refractivity contribution in [2.24, 2.45) is 0 Å². The molecular weight excluding hydrogens is 338 g/mol. The van der Waals surface area contributed by atoms with Crippen LogP contribution in [0, 0.1) is 20.8 Å². The van der Waals surface area contributed by atoms with E-state index < -0.39 is 0 Å². The summed E-state index contributed by atoms with van der Waals surface area (Å²) in [7, 11) is 1.77. The number of carbonyl (C=O) groups is 2. The van der Waals surface area contributed by atoms with Crippen molar-refractivity contribution in [2.45, 2.75) is 33.7 Å². The molecule has 0 radical (unpaired) electrons. The Hall–Kier alpha value is -2.66. The molecule has 0 saturated carbocycles. The predicted molar refractivity (Wildman–Crippen MR) is 110 cm³/mol. The minimum atomic E-state index is -0.128. The van der Waals surface area contributed by atoms with E-state index in [9.17, 15) is 9.59 Å². The number of benzene rings is 2. The monoisotopic (exact) mass is 367 g/mol. The Labute approximate surface area is 161 Å². The Morgan fingerprint density at radius 2 is 1.52 bits per heavy atom. The smallest absolute Gasteiger partial charge is 0.238 e. The van der Waals surface area contributed by atoms with Crippen LogP contribution in [0.3, 0.4) is 0 Å². The highest BCUT2D eigenvalue weighted by Crippen LogP contribution is 2.21. The number of anilines is 1. The van der Waals surface area contributed by atoms with Gasteiger partial charge in [0.15, 0.2) is 0 Å². The molecule has 2 aromatic rings. The molecule has 0 spiro atoms. The summed E-state index contributed by atoms with van der Waals surface area (Å²) in [5.41, 5.74) is 5.15. The summed E-state index contributed by atoms with van der Waals surface area (Å²) in [5.74, 6) is -0.235. The summed E-state index contributed by atoms with van der Waals surface area (Å²) >= 11 is 0. The fraction of sp³-hybridized carbons (Fsp3) is 0.364. The van der Waals surface area contributed by atoms with Crippen molar-refractivity contribution in [3.05, 3.63) is 64.7 Å². The molecular formula is C22H29N3O2. The SMILES string of the molecule is Cc1cc(C)c(NC(=O)CN(C)CC(=O)N[C@H](C)c2ccccc2)c(C)c1. The summed E-state index contributed by atoms with van der Waals surface area (Å²) in [6.45, 7) is 8.27. The summed E-state index contributed by atoms with van der Waals surface area (Å²) in [5, 5.41) is 5.93. The quantitative estimate of drug-likeness (QED) is 0.789. The lowest BCUT2D eigenvalue weighted by Crippen LogP contribution is -2.39. The number of amides is 2. The van der Waals surface area contributed by atoms with Crippen LogP contribution in [0.4, 0.5) is 5.69 Å². The molecule has 0 aliphatic heterocycles. The molecule has 5 heteroatoms. The van der Waals surface area contributed by atoms with Crippen molar-refractivity contribution in [3.63, 3.8) is 0 Å². The lowest BCUT2D eigenvalue weighted by Gasteiger charge is -2.20. The highest BCUT2D eigenvalue weighted by Gasteiger charge is 2.15. The van der Waals surface area contributed by atoms with Gasteiger partial charge in [-0.05, 0) is 51.4 Å². The Bertz CT molecular complexity index is 779. The van der Waals surface area contributed by atoms with E-state index in [2.05, 4.69) is 10.6 Å². The van der Waals surface area contributed by atoms with Crippen LogP contribution < -0.4 is 10.6 Å². The molecule has 1 atom stereocenters. The van der Waals surface area contributed by atoms with Crippen molar-refractivity contribution < 1.29 is 9.59 Å². The summed E-state index contributed by atoms with van der Waals surface area (Å²) < 4.78 is 0. The third-order valence-corrected chi connectivity index (χ3v) is 4.45. The van der Waals surface area contributed by atoms with Crippen LogP contribution >= 0.6 is 0 Å². The van der Waals surface area contributed by atoms with Gasteiger partial charge in [-0.1, -0.05) is 48.0 Å². The van der Waals surface area contributed by atoms with E-state index in [-0.39, 0.29) is 30.9 Å². The molecule has 27 heavy (non-hydrogen) atoms. The predicted octanol–water partition coefficient (Wildman–Crippen LogP) is 3.36. The van der Waals surface area contributed by atoms with E-state index in [1.165, 1.54) is 5.56 Å². The molecule has 0 aliphatic rings. The van der Waals surface area contributed by atoms with Crippen LogP contribution in [0.25, 0.3) is 0 Å². The molecule has 0 fully saturated rings. The fourth-order valence-corrected chi connectivity index (χ4v) is 3.21. The van der Waals surface area contributed by atoms with Crippen LogP contribution in [-0.2, 0) is 9.59 Å². The average molecular weight is 367 g/mol. The van der Waals surface area contributed by atoms with E-state index in [4.69, 9.17) is 0 Å². The molecule has 0 saturated heterocycles. The number of aryl methyl sites for hydroxylation is 3. The Kier molecular flexibility index (Phi) is 7.13. The first kappa shape index (κ1) is 20.6. The van der Waals surface area contributed by atoms with Gasteiger partial charge >= 0.3 is 0 Å². The van der Waals surface area contributed by atoms with Crippen molar-refractivity contribution in [3.8, 4) is 0 Å². The lowest BCUT2D eigenvalue weighted by atomic mass is 10.1. The first-order chi connectivity index (χ1) is 12.8. The number of likely N-dealkylation sites (N-methyl/N-ethyl adjacent to an activating group) is 1. The molecule has 5 nitrogen and oxygen atoms in total. The maximum atomic E-state index is 12.4. The van der Waals surface area contributed by atoms with E-state index in [1.54, 1.807) is 11.9 Å². The minimum Gasteiger partial charge on any atom is -0.348 e. The van der Waals surface area contributed by atoms with E-state index in [0.29, 0.717) is 0 Å². The van der Waals surface area contributed by atoms with Gasteiger partial charge in [-0.2, -0.15) is 0 Å². The Morgan fingerprint density at radius 3 is 2.11 bits per heavy atom. The standard InChI is InChI=1S/C22H29N3O2/c1-15-11-16(2)22(17(3)12-15)24-21(27)14-25(5)13-20(26)23-18(4)19-9-7-6-8-10-19/h6-12,18H,13-14H2,1-5H3,(H,23,26)(H,24,27)/t18-/m1/s1. The normalized spacial score (nSPS) is 11.9. The van der Waals surface area contributed by atoms with Gasteiger partial charge in [-0.25, -0.2) is 0 Å². The van der Waals surface area contributed by atoms with Gasteiger partial charge < -0.3 is 10.6 Å². The Balaban J connectivity index is 1.85. The van der Waals surface area contributed by atoms with Crippen LogP contribution in [0.2, 0.25) is 0 Å². The lowest BCUT2D eigenvalue weighted by molar-refractivity contribution is -0.123. The highest BCUT2D eigenvalue weighted by molar-refractivity contribution is 5.94. The molecule has 144 valence electrons. The van der Waals surface area contributed by atoms with Gasteiger partial charge in [0, 0.05) is 5.69 Å². The molecule has 0 aromatic heterocycles.